The van der Waals surface area contributed by atoms with Crippen molar-refractivity contribution < 1.29 is 18.1 Å². The molecule has 0 atom stereocenters. The highest BCUT2D eigenvalue weighted by atomic mass is 32.2. The van der Waals surface area contributed by atoms with Gasteiger partial charge in [0.1, 0.15) is 5.69 Å². The molecule has 0 aliphatic carbocycles. The van der Waals surface area contributed by atoms with Crippen molar-refractivity contribution >= 4 is 27.3 Å². The number of nitrogens with two attached hydrogens (primary N) is 1. The molecular weight excluding hydrogens is 300 g/mol. The van der Waals surface area contributed by atoms with Crippen LogP contribution in [0, 0.1) is 10.1 Å². The molecule has 0 saturated heterocycles. The average Bonchev–Trinajstić information content (AvgIpc) is 2.36. The number of anilines is 1. The van der Waals surface area contributed by atoms with Crippen LogP contribution in [0.1, 0.15) is 16.8 Å². The first-order valence-electron chi connectivity index (χ1n) is 5.97. The van der Waals surface area contributed by atoms with Crippen molar-refractivity contribution in [2.45, 2.75) is 6.42 Å². The molecule has 4 N–H and O–H groups in total. The largest absolute Gasteiger partial charge is 0.393 e. The standard InChI is InChI=1S/C11H16N4O5S/c1-21(19,20)14-6-2-5-13-11(16)8-3-4-10(15(17)18)9(12)7-8/h3-4,7,14H,2,5-6,12H2,1H3,(H,13,16). The molecule has 0 heterocycles. The molecule has 0 aliphatic rings. The number of nitro groups is 1. The van der Waals surface area contributed by atoms with Crippen LogP contribution >= 0.6 is 0 Å². The fourth-order valence-corrected chi connectivity index (χ4v) is 2.03. The Bertz CT molecular complexity index is 644. The molecule has 0 aliphatic heterocycles. The number of nitrogen functional groups attached to an aromatic ring is 1. The highest BCUT2D eigenvalue weighted by molar-refractivity contribution is 7.88. The van der Waals surface area contributed by atoms with E-state index in [0.717, 1.165) is 12.3 Å². The number of sulfonamides is 1. The number of nitro benzene ring substituents is 1. The van der Waals surface area contributed by atoms with Gasteiger partial charge in [-0.05, 0) is 18.6 Å². The minimum atomic E-state index is -3.24. The lowest BCUT2D eigenvalue weighted by atomic mass is 10.1. The molecule has 10 heteroatoms. The predicted molar refractivity (Wildman–Crippen MR) is 77.3 cm³/mol. The summed E-state index contributed by atoms with van der Waals surface area (Å²) >= 11 is 0. The summed E-state index contributed by atoms with van der Waals surface area (Å²) in [4.78, 5) is 21.7. The van der Waals surface area contributed by atoms with Gasteiger partial charge in [0, 0.05) is 24.7 Å². The molecule has 116 valence electrons. The van der Waals surface area contributed by atoms with Crippen molar-refractivity contribution in [1.82, 2.24) is 10.0 Å². The Balaban J connectivity index is 2.49. The van der Waals surface area contributed by atoms with E-state index in [1.807, 2.05) is 0 Å². The lowest BCUT2D eigenvalue weighted by Gasteiger charge is -2.06. The molecule has 1 aromatic carbocycles. The van der Waals surface area contributed by atoms with E-state index >= 15 is 0 Å². The molecule has 1 rings (SSSR count). The Morgan fingerprint density at radius 1 is 1.38 bits per heavy atom. The normalized spacial score (nSPS) is 11.1. The zero-order valence-electron chi connectivity index (χ0n) is 11.3. The highest BCUT2D eigenvalue weighted by Gasteiger charge is 2.14. The molecule has 0 fully saturated rings. The fraction of sp³-hybridized carbons (Fsp3) is 0.364. The number of hydrogen-bond acceptors (Lipinski definition) is 6. The van der Waals surface area contributed by atoms with E-state index in [2.05, 4.69) is 10.0 Å². The van der Waals surface area contributed by atoms with Gasteiger partial charge < -0.3 is 11.1 Å². The quantitative estimate of drug-likeness (QED) is 0.276. The van der Waals surface area contributed by atoms with Gasteiger partial charge in [0.2, 0.25) is 10.0 Å². The maximum absolute atomic E-state index is 11.8. The third-order valence-electron chi connectivity index (χ3n) is 2.49. The van der Waals surface area contributed by atoms with Gasteiger partial charge in [0.15, 0.2) is 0 Å². The van der Waals surface area contributed by atoms with E-state index < -0.39 is 20.9 Å². The molecular formula is C11H16N4O5S. The zero-order chi connectivity index (χ0) is 16.0. The summed E-state index contributed by atoms with van der Waals surface area (Å²) < 4.78 is 23.9. The average molecular weight is 316 g/mol. The predicted octanol–water partition coefficient (Wildman–Crippen LogP) is -0.154. The minimum Gasteiger partial charge on any atom is -0.393 e. The summed E-state index contributed by atoms with van der Waals surface area (Å²) in [6.07, 6.45) is 1.46. The Morgan fingerprint density at radius 3 is 2.57 bits per heavy atom. The SMILES string of the molecule is CS(=O)(=O)NCCCNC(=O)c1ccc([N+](=O)[O-])c(N)c1. The Morgan fingerprint density at radius 2 is 2.05 bits per heavy atom. The third kappa shape index (κ3) is 5.75. The number of nitrogens with zero attached hydrogens (tertiary/aromatic N) is 1. The van der Waals surface area contributed by atoms with Gasteiger partial charge in [-0.15, -0.1) is 0 Å². The molecule has 0 saturated carbocycles. The van der Waals surface area contributed by atoms with Gasteiger partial charge in [0.25, 0.3) is 11.6 Å². The van der Waals surface area contributed by atoms with Crippen molar-refractivity contribution in [1.29, 1.82) is 0 Å². The van der Waals surface area contributed by atoms with E-state index in [4.69, 9.17) is 5.73 Å². The molecule has 0 unspecified atom stereocenters. The van der Waals surface area contributed by atoms with Crippen molar-refractivity contribution in [2.75, 3.05) is 25.1 Å². The van der Waals surface area contributed by atoms with Crippen LogP contribution in [0.2, 0.25) is 0 Å². The zero-order valence-corrected chi connectivity index (χ0v) is 12.1. The summed E-state index contributed by atoms with van der Waals surface area (Å²) in [5.74, 6) is -0.434. The molecule has 9 nitrogen and oxygen atoms in total. The molecule has 1 aromatic rings. The molecule has 0 radical (unpaired) electrons. The molecule has 21 heavy (non-hydrogen) atoms. The topological polar surface area (TPSA) is 144 Å². The second kappa shape index (κ2) is 6.99. The number of amides is 1. The number of rotatable bonds is 7. The van der Waals surface area contributed by atoms with E-state index in [0.29, 0.717) is 6.42 Å². The first-order chi connectivity index (χ1) is 9.70. The number of nitrogens with one attached hydrogen (secondary N) is 2. The fourth-order valence-electron chi connectivity index (χ4n) is 1.51. The Kier molecular flexibility index (Phi) is 5.61. The van der Waals surface area contributed by atoms with Gasteiger partial charge in [-0.1, -0.05) is 0 Å². The van der Waals surface area contributed by atoms with Gasteiger partial charge in [-0.25, -0.2) is 13.1 Å². The maximum atomic E-state index is 11.8. The molecule has 0 bridgehead atoms. The number of carbonyl (C=O) groups is 1. The first kappa shape index (κ1) is 16.9. The van der Waals surface area contributed by atoms with Crippen LogP contribution in [0.4, 0.5) is 11.4 Å². The molecule has 0 spiro atoms. The first-order valence-corrected chi connectivity index (χ1v) is 7.86. The van der Waals surface area contributed by atoms with Gasteiger partial charge in [0.05, 0.1) is 11.2 Å². The van der Waals surface area contributed by atoms with Gasteiger partial charge in [-0.3, -0.25) is 14.9 Å². The monoisotopic (exact) mass is 316 g/mol. The lowest BCUT2D eigenvalue weighted by molar-refractivity contribution is -0.383. The number of hydrogen-bond donors (Lipinski definition) is 3. The summed E-state index contributed by atoms with van der Waals surface area (Å²) in [6, 6.07) is 3.69. The van der Waals surface area contributed by atoms with Crippen LogP contribution in [0.15, 0.2) is 18.2 Å². The van der Waals surface area contributed by atoms with Crippen LogP contribution in [-0.4, -0.2) is 38.6 Å². The highest BCUT2D eigenvalue weighted by Crippen LogP contribution is 2.21. The van der Waals surface area contributed by atoms with Crippen molar-refractivity contribution in [2.24, 2.45) is 0 Å². The molecule has 1 amide bonds. The van der Waals surface area contributed by atoms with Crippen LogP contribution in [0.3, 0.4) is 0 Å². The lowest BCUT2D eigenvalue weighted by Crippen LogP contribution is -2.29. The van der Waals surface area contributed by atoms with Crippen LogP contribution in [-0.2, 0) is 10.0 Å². The van der Waals surface area contributed by atoms with Crippen molar-refractivity contribution in [3.63, 3.8) is 0 Å². The Labute approximate surface area is 121 Å². The third-order valence-corrected chi connectivity index (χ3v) is 3.22. The van der Waals surface area contributed by atoms with E-state index in [-0.39, 0.29) is 30.0 Å². The van der Waals surface area contributed by atoms with Crippen molar-refractivity contribution in [3.8, 4) is 0 Å². The minimum absolute atomic E-state index is 0.0913. The van der Waals surface area contributed by atoms with Crippen molar-refractivity contribution in [3.05, 3.63) is 33.9 Å². The summed E-state index contributed by atoms with van der Waals surface area (Å²) in [6.45, 7) is 0.472. The van der Waals surface area contributed by atoms with E-state index in [1.165, 1.54) is 12.1 Å². The van der Waals surface area contributed by atoms with E-state index in [1.54, 1.807) is 0 Å². The van der Waals surface area contributed by atoms with E-state index in [9.17, 15) is 23.3 Å². The maximum Gasteiger partial charge on any atom is 0.292 e. The Hall–Kier alpha value is -2.20. The number of benzene rings is 1. The summed E-state index contributed by atoms with van der Waals surface area (Å²) in [7, 11) is -3.24. The smallest absolute Gasteiger partial charge is 0.292 e. The second-order valence-corrected chi connectivity index (χ2v) is 6.14. The van der Waals surface area contributed by atoms with Crippen LogP contribution < -0.4 is 15.8 Å². The number of carbonyl (C=O) groups excluding carboxylic acids is 1. The second-order valence-electron chi connectivity index (χ2n) is 4.31. The van der Waals surface area contributed by atoms with Gasteiger partial charge in [-0.2, -0.15) is 0 Å². The van der Waals surface area contributed by atoms with Gasteiger partial charge >= 0.3 is 0 Å². The summed E-state index contributed by atoms with van der Waals surface area (Å²) in [5, 5.41) is 13.2. The van der Waals surface area contributed by atoms with Crippen LogP contribution in [0.5, 0.6) is 0 Å². The summed E-state index contributed by atoms with van der Waals surface area (Å²) in [5.41, 5.74) is 5.34. The van der Waals surface area contributed by atoms with Crippen LogP contribution in [0.25, 0.3) is 0 Å². The molecule has 0 aromatic heterocycles.